The number of ketones is 1. The van der Waals surface area contributed by atoms with Crippen molar-refractivity contribution >= 4 is 5.78 Å². The van der Waals surface area contributed by atoms with Gasteiger partial charge in [-0.15, -0.1) is 0 Å². The van der Waals surface area contributed by atoms with Crippen LogP contribution in [0, 0.1) is 5.92 Å². The molecule has 0 bridgehead atoms. The van der Waals surface area contributed by atoms with E-state index in [1.807, 2.05) is 31.2 Å². The van der Waals surface area contributed by atoms with Crippen molar-refractivity contribution in [3.05, 3.63) is 29.8 Å². The zero-order chi connectivity index (χ0) is 15.0. The largest absolute Gasteiger partial charge is 0.492 e. The molecule has 112 valence electrons. The van der Waals surface area contributed by atoms with Gasteiger partial charge in [0.2, 0.25) is 0 Å². The Morgan fingerprint density at radius 3 is 2.30 bits per heavy atom. The topological polar surface area (TPSA) is 29.5 Å². The molecule has 0 saturated carbocycles. The van der Waals surface area contributed by atoms with E-state index in [2.05, 4.69) is 18.7 Å². The van der Waals surface area contributed by atoms with Gasteiger partial charge in [0.15, 0.2) is 0 Å². The van der Waals surface area contributed by atoms with Gasteiger partial charge in [-0.2, -0.15) is 0 Å². The number of likely N-dealkylation sites (N-methyl/N-ethyl adjacent to an activating group) is 1. The average Bonchev–Trinajstić information content (AvgIpc) is 2.45. The Morgan fingerprint density at radius 1 is 1.20 bits per heavy atom. The molecule has 0 aliphatic rings. The molecule has 0 amide bonds. The van der Waals surface area contributed by atoms with Crippen LogP contribution in [0.25, 0.3) is 0 Å². The maximum absolute atomic E-state index is 11.2. The summed E-state index contributed by atoms with van der Waals surface area (Å²) in [6.07, 6.45) is 0.801. The molecule has 1 rings (SSSR count). The van der Waals surface area contributed by atoms with Gasteiger partial charge in [0.1, 0.15) is 18.1 Å². The van der Waals surface area contributed by atoms with Gasteiger partial charge in [0.05, 0.1) is 0 Å². The fraction of sp³-hybridized carbons (Fsp3) is 0.588. The summed E-state index contributed by atoms with van der Waals surface area (Å²) in [6.45, 7) is 11.7. The normalized spacial score (nSPS) is 12.4. The van der Waals surface area contributed by atoms with E-state index < -0.39 is 0 Å². The second-order valence-corrected chi connectivity index (χ2v) is 5.24. The highest BCUT2D eigenvalue weighted by atomic mass is 16.5. The minimum atomic E-state index is 0.0874. The third kappa shape index (κ3) is 5.74. The molecular weight excluding hydrogens is 250 g/mol. The highest BCUT2D eigenvalue weighted by Gasteiger charge is 2.08. The zero-order valence-electron chi connectivity index (χ0n) is 13.2. The average molecular weight is 277 g/mol. The van der Waals surface area contributed by atoms with E-state index in [9.17, 15) is 4.79 Å². The molecule has 0 aliphatic carbocycles. The predicted molar refractivity (Wildman–Crippen MR) is 83.3 cm³/mol. The summed E-state index contributed by atoms with van der Waals surface area (Å²) in [4.78, 5) is 13.6. The van der Waals surface area contributed by atoms with Crippen molar-refractivity contribution in [1.82, 2.24) is 4.90 Å². The van der Waals surface area contributed by atoms with Crippen molar-refractivity contribution in [1.29, 1.82) is 0 Å². The smallest absolute Gasteiger partial charge is 0.132 e. The number of carbonyl (C=O) groups excluding carboxylic acids is 1. The molecule has 0 spiro atoms. The Balaban J connectivity index is 2.40. The van der Waals surface area contributed by atoms with Gasteiger partial charge in [-0.05, 0) is 44.1 Å². The Kier molecular flexibility index (Phi) is 7.31. The quantitative estimate of drug-likeness (QED) is 0.694. The van der Waals surface area contributed by atoms with Crippen molar-refractivity contribution in [3.8, 4) is 5.75 Å². The molecule has 0 unspecified atom stereocenters. The van der Waals surface area contributed by atoms with E-state index in [1.165, 1.54) is 5.56 Å². The molecule has 0 radical (unpaired) electrons. The predicted octanol–water partition coefficient (Wildman–Crippen LogP) is 3.17. The third-order valence-corrected chi connectivity index (χ3v) is 3.73. The molecule has 1 aromatic rings. The second-order valence-electron chi connectivity index (χ2n) is 5.24. The lowest BCUT2D eigenvalue weighted by atomic mass is 9.98. The van der Waals surface area contributed by atoms with Crippen LogP contribution >= 0.6 is 0 Å². The lowest BCUT2D eigenvalue weighted by Crippen LogP contribution is -2.27. The molecule has 0 fully saturated rings. The number of rotatable bonds is 9. The first-order valence-corrected chi connectivity index (χ1v) is 7.51. The lowest BCUT2D eigenvalue weighted by molar-refractivity contribution is -0.120. The molecule has 0 N–H and O–H groups in total. The number of ether oxygens (including phenoxy) is 1. The van der Waals surface area contributed by atoms with Crippen molar-refractivity contribution in [2.75, 3.05) is 26.2 Å². The number of carbonyl (C=O) groups is 1. The number of hydrogen-bond acceptors (Lipinski definition) is 3. The monoisotopic (exact) mass is 277 g/mol. The van der Waals surface area contributed by atoms with Crippen LogP contribution in [-0.4, -0.2) is 36.9 Å². The van der Waals surface area contributed by atoms with Gasteiger partial charge in [-0.3, -0.25) is 4.79 Å². The number of Topliss-reactive ketones (excluding diaryl/α,β-unsaturated/α-hetero) is 1. The SMILES string of the molecule is CCN(CC)CCOc1ccc(C[C@H](C)C(C)=O)cc1. The first-order chi connectivity index (χ1) is 9.56. The van der Waals surface area contributed by atoms with Gasteiger partial charge in [-0.1, -0.05) is 32.9 Å². The van der Waals surface area contributed by atoms with Crippen LogP contribution in [0.2, 0.25) is 0 Å². The Hall–Kier alpha value is -1.35. The summed E-state index contributed by atoms with van der Waals surface area (Å²) < 4.78 is 5.74. The van der Waals surface area contributed by atoms with Gasteiger partial charge in [0, 0.05) is 12.5 Å². The maximum atomic E-state index is 11.2. The summed E-state index contributed by atoms with van der Waals surface area (Å²) in [5, 5.41) is 0. The molecule has 3 heteroatoms. The summed E-state index contributed by atoms with van der Waals surface area (Å²) in [5.74, 6) is 1.23. The van der Waals surface area contributed by atoms with E-state index in [0.29, 0.717) is 6.61 Å². The third-order valence-electron chi connectivity index (χ3n) is 3.73. The fourth-order valence-electron chi connectivity index (χ4n) is 2.05. The standard InChI is InChI=1S/C17H27NO2/c1-5-18(6-2)11-12-20-17-9-7-16(8-10-17)13-14(3)15(4)19/h7-10,14H,5-6,11-13H2,1-4H3/t14-/m0/s1. The Bertz CT molecular complexity index is 396. The molecule has 0 saturated heterocycles. The van der Waals surface area contributed by atoms with Crippen molar-refractivity contribution in [2.45, 2.75) is 34.1 Å². The van der Waals surface area contributed by atoms with Gasteiger partial charge in [0.25, 0.3) is 0 Å². The number of hydrogen-bond donors (Lipinski definition) is 0. The fourth-order valence-corrected chi connectivity index (χ4v) is 2.05. The molecule has 0 aromatic heterocycles. The van der Waals surface area contributed by atoms with Crippen LogP contribution in [0.15, 0.2) is 24.3 Å². The van der Waals surface area contributed by atoms with Gasteiger partial charge < -0.3 is 9.64 Å². The van der Waals surface area contributed by atoms with E-state index >= 15 is 0 Å². The van der Waals surface area contributed by atoms with Crippen molar-refractivity contribution in [3.63, 3.8) is 0 Å². The van der Waals surface area contributed by atoms with E-state index in [1.54, 1.807) is 6.92 Å². The van der Waals surface area contributed by atoms with Crippen LogP contribution in [-0.2, 0) is 11.2 Å². The number of nitrogens with zero attached hydrogens (tertiary/aromatic N) is 1. The highest BCUT2D eigenvalue weighted by Crippen LogP contribution is 2.15. The van der Waals surface area contributed by atoms with Gasteiger partial charge in [-0.25, -0.2) is 0 Å². The van der Waals surface area contributed by atoms with E-state index in [0.717, 1.165) is 31.8 Å². The van der Waals surface area contributed by atoms with Crippen LogP contribution in [0.4, 0.5) is 0 Å². The molecule has 1 aromatic carbocycles. The summed E-state index contributed by atoms with van der Waals surface area (Å²) in [7, 11) is 0. The van der Waals surface area contributed by atoms with Crippen molar-refractivity contribution in [2.24, 2.45) is 5.92 Å². The zero-order valence-corrected chi connectivity index (χ0v) is 13.2. The molecular formula is C17H27NO2. The molecule has 0 aliphatic heterocycles. The summed E-state index contributed by atoms with van der Waals surface area (Å²) >= 11 is 0. The van der Waals surface area contributed by atoms with E-state index in [-0.39, 0.29) is 11.7 Å². The molecule has 1 atom stereocenters. The highest BCUT2D eigenvalue weighted by molar-refractivity contribution is 5.78. The number of benzene rings is 1. The lowest BCUT2D eigenvalue weighted by Gasteiger charge is -2.18. The minimum Gasteiger partial charge on any atom is -0.492 e. The first kappa shape index (κ1) is 16.7. The summed E-state index contributed by atoms with van der Waals surface area (Å²) in [6, 6.07) is 8.08. The van der Waals surface area contributed by atoms with Crippen LogP contribution < -0.4 is 4.74 Å². The van der Waals surface area contributed by atoms with Gasteiger partial charge >= 0.3 is 0 Å². The van der Waals surface area contributed by atoms with Crippen LogP contribution in [0.1, 0.15) is 33.3 Å². The Labute approximate surface area is 122 Å². The Morgan fingerprint density at radius 2 is 1.80 bits per heavy atom. The minimum absolute atomic E-state index is 0.0874. The summed E-state index contributed by atoms with van der Waals surface area (Å²) in [5.41, 5.74) is 1.18. The molecule has 0 heterocycles. The molecule has 3 nitrogen and oxygen atoms in total. The van der Waals surface area contributed by atoms with Crippen LogP contribution in [0.3, 0.4) is 0 Å². The second kappa shape index (κ2) is 8.75. The van der Waals surface area contributed by atoms with Crippen molar-refractivity contribution < 1.29 is 9.53 Å². The van der Waals surface area contributed by atoms with Crippen LogP contribution in [0.5, 0.6) is 5.75 Å². The first-order valence-electron chi connectivity index (χ1n) is 7.51. The maximum Gasteiger partial charge on any atom is 0.132 e. The molecule has 20 heavy (non-hydrogen) atoms. The van der Waals surface area contributed by atoms with E-state index in [4.69, 9.17) is 4.74 Å².